The van der Waals surface area contributed by atoms with E-state index in [9.17, 15) is 0 Å². The van der Waals surface area contributed by atoms with Gasteiger partial charge in [-0.1, -0.05) is 50.6 Å². The van der Waals surface area contributed by atoms with Crippen LogP contribution in [0.15, 0.2) is 49.2 Å². The molecular formula is C17H21N4+. The third-order valence-electron chi connectivity index (χ3n) is 4.23. The Balaban J connectivity index is 0.00000176. The molecule has 3 aromatic rings. The molecule has 0 saturated heterocycles. The molecule has 0 aliphatic heterocycles. The van der Waals surface area contributed by atoms with Gasteiger partial charge in [-0.2, -0.15) is 0 Å². The Hall–Kier alpha value is -2.23. The molecular weight excluding hydrogens is 260 g/mol. The van der Waals surface area contributed by atoms with Gasteiger partial charge in [0.25, 0.3) is 0 Å². The predicted octanol–water partition coefficient (Wildman–Crippen LogP) is 3.89. The van der Waals surface area contributed by atoms with E-state index < -0.39 is 0 Å². The zero-order valence-corrected chi connectivity index (χ0v) is 12.5. The summed E-state index contributed by atoms with van der Waals surface area (Å²) in [6.07, 6.45) is 8.44. The van der Waals surface area contributed by atoms with Crippen LogP contribution in [0.5, 0.6) is 0 Å². The molecule has 21 heavy (non-hydrogen) atoms. The van der Waals surface area contributed by atoms with Crippen molar-refractivity contribution in [3.8, 4) is 0 Å². The van der Waals surface area contributed by atoms with Crippen LogP contribution in [-0.2, 0) is 5.54 Å². The summed E-state index contributed by atoms with van der Waals surface area (Å²) >= 11 is 0. The molecule has 2 heterocycles. The molecule has 0 aliphatic carbocycles. The first-order chi connectivity index (χ1) is 10.3. The van der Waals surface area contributed by atoms with E-state index in [1.807, 2.05) is 6.33 Å². The van der Waals surface area contributed by atoms with E-state index in [2.05, 4.69) is 63.7 Å². The van der Waals surface area contributed by atoms with Crippen LogP contribution >= 0.6 is 0 Å². The zero-order chi connectivity index (χ0) is 14.7. The third kappa shape index (κ3) is 2.20. The van der Waals surface area contributed by atoms with E-state index in [1.165, 1.54) is 5.56 Å². The molecule has 0 amide bonds. The average molecular weight is 281 g/mol. The summed E-state index contributed by atoms with van der Waals surface area (Å²) < 4.78 is 2.23. The van der Waals surface area contributed by atoms with Crippen LogP contribution in [0.1, 0.15) is 40.1 Å². The zero-order valence-electron chi connectivity index (χ0n) is 13.5. The summed E-state index contributed by atoms with van der Waals surface area (Å²) in [4.78, 5) is 13.0. The monoisotopic (exact) mass is 281 g/mol. The first-order valence-corrected chi connectivity index (χ1v) is 7.51. The normalized spacial score (nSPS) is 14.2. The van der Waals surface area contributed by atoms with Crippen LogP contribution in [0.3, 0.4) is 0 Å². The first kappa shape index (κ1) is 13.7. The fourth-order valence-electron chi connectivity index (χ4n) is 3.20. The second-order valence-corrected chi connectivity index (χ2v) is 5.35. The highest BCUT2D eigenvalue weighted by atomic mass is 15.2. The van der Waals surface area contributed by atoms with E-state index in [4.69, 9.17) is 0 Å². The Labute approximate surface area is 126 Å². The van der Waals surface area contributed by atoms with Gasteiger partial charge in [-0.05, 0) is 18.4 Å². The standard InChI is InChI=1S/C17H20N4/c1-3-10-17(4-2,14-8-6-5-7-9-14)21-13-20-15-11-18-12-19-16(15)21/h5-9,11-13H,3-4,10H2,1-2H3/p+1. The van der Waals surface area contributed by atoms with E-state index in [0.717, 1.165) is 30.4 Å². The lowest BCUT2D eigenvalue weighted by atomic mass is 9.83. The maximum atomic E-state index is 4.48. The van der Waals surface area contributed by atoms with Gasteiger partial charge >= 0.3 is 1.43 Å². The average Bonchev–Trinajstić information content (AvgIpc) is 2.98. The molecule has 1 unspecified atom stereocenters. The van der Waals surface area contributed by atoms with Gasteiger partial charge in [-0.3, -0.25) is 0 Å². The van der Waals surface area contributed by atoms with Crippen molar-refractivity contribution in [3.63, 3.8) is 0 Å². The SMILES string of the molecule is CCCC(CC)(c1ccccc1)n1cnc2cncnc21.[H+]. The Morgan fingerprint density at radius 3 is 2.67 bits per heavy atom. The Kier molecular flexibility index (Phi) is 3.69. The molecule has 1 aromatic carbocycles. The molecule has 0 spiro atoms. The molecule has 0 N–H and O–H groups in total. The van der Waals surface area contributed by atoms with E-state index in [-0.39, 0.29) is 6.97 Å². The molecule has 4 heteroatoms. The topological polar surface area (TPSA) is 43.6 Å². The van der Waals surface area contributed by atoms with Gasteiger partial charge in [-0.15, -0.1) is 0 Å². The maximum absolute atomic E-state index is 4.48. The van der Waals surface area contributed by atoms with Crippen LogP contribution in [0.2, 0.25) is 0 Å². The van der Waals surface area contributed by atoms with Crippen molar-refractivity contribution < 1.29 is 1.43 Å². The number of nitrogens with zero attached hydrogens (tertiary/aromatic N) is 4. The largest absolute Gasteiger partial charge is 1.00 e. The summed E-state index contributed by atoms with van der Waals surface area (Å²) in [5.74, 6) is 0. The molecule has 3 rings (SSSR count). The lowest BCUT2D eigenvalue weighted by molar-refractivity contribution is 0.318. The number of benzene rings is 1. The van der Waals surface area contributed by atoms with Crippen LogP contribution in [0, 0.1) is 0 Å². The predicted molar refractivity (Wildman–Crippen MR) is 85.2 cm³/mol. The van der Waals surface area contributed by atoms with Crippen molar-refractivity contribution in [2.24, 2.45) is 0 Å². The lowest BCUT2D eigenvalue weighted by Gasteiger charge is -2.35. The minimum absolute atomic E-state index is 0. The van der Waals surface area contributed by atoms with Gasteiger partial charge < -0.3 is 4.57 Å². The highest BCUT2D eigenvalue weighted by Gasteiger charge is 2.33. The smallest absolute Gasteiger partial charge is 0.305 e. The summed E-state index contributed by atoms with van der Waals surface area (Å²) in [7, 11) is 0. The van der Waals surface area contributed by atoms with Gasteiger partial charge in [0, 0.05) is 0 Å². The molecule has 0 bridgehead atoms. The Morgan fingerprint density at radius 2 is 1.95 bits per heavy atom. The molecule has 0 fully saturated rings. The molecule has 0 aliphatic rings. The van der Waals surface area contributed by atoms with Gasteiger partial charge in [-0.25, -0.2) is 15.0 Å². The Bertz CT molecular complexity index is 726. The van der Waals surface area contributed by atoms with Crippen molar-refractivity contribution in [2.75, 3.05) is 0 Å². The molecule has 4 nitrogen and oxygen atoms in total. The number of hydrogen-bond donors (Lipinski definition) is 0. The van der Waals surface area contributed by atoms with Crippen LogP contribution in [0.4, 0.5) is 0 Å². The molecule has 2 aromatic heterocycles. The van der Waals surface area contributed by atoms with Gasteiger partial charge in [0.1, 0.15) is 11.8 Å². The molecule has 0 saturated carbocycles. The number of rotatable bonds is 5. The molecule has 108 valence electrons. The van der Waals surface area contributed by atoms with Crippen molar-refractivity contribution in [2.45, 2.75) is 38.6 Å². The van der Waals surface area contributed by atoms with E-state index >= 15 is 0 Å². The quantitative estimate of drug-likeness (QED) is 0.712. The van der Waals surface area contributed by atoms with Crippen LogP contribution in [0.25, 0.3) is 11.2 Å². The first-order valence-electron chi connectivity index (χ1n) is 7.51. The highest BCUT2D eigenvalue weighted by Crippen LogP contribution is 2.36. The number of imidazole rings is 1. The lowest BCUT2D eigenvalue weighted by Crippen LogP contribution is -2.34. The van der Waals surface area contributed by atoms with Gasteiger partial charge in [0.15, 0.2) is 5.65 Å². The summed E-state index contributed by atoms with van der Waals surface area (Å²) in [5.41, 5.74) is 2.97. The molecule has 1 atom stereocenters. The van der Waals surface area contributed by atoms with Crippen molar-refractivity contribution in [1.29, 1.82) is 0 Å². The summed E-state index contributed by atoms with van der Waals surface area (Å²) in [6.45, 7) is 4.46. The fraction of sp³-hybridized carbons (Fsp3) is 0.353. The third-order valence-corrected chi connectivity index (χ3v) is 4.23. The minimum Gasteiger partial charge on any atom is -0.305 e. The minimum atomic E-state index is -0.0981. The summed E-state index contributed by atoms with van der Waals surface area (Å²) in [6, 6.07) is 10.7. The second-order valence-electron chi connectivity index (χ2n) is 5.35. The number of aromatic nitrogens is 4. The van der Waals surface area contributed by atoms with Crippen molar-refractivity contribution in [1.82, 2.24) is 19.5 Å². The van der Waals surface area contributed by atoms with E-state index in [1.54, 1.807) is 12.5 Å². The second kappa shape index (κ2) is 5.64. The van der Waals surface area contributed by atoms with E-state index in [0.29, 0.717) is 0 Å². The Morgan fingerprint density at radius 1 is 1.14 bits per heavy atom. The van der Waals surface area contributed by atoms with Gasteiger partial charge in [0.2, 0.25) is 0 Å². The summed E-state index contributed by atoms with van der Waals surface area (Å²) in [5, 5.41) is 0. The van der Waals surface area contributed by atoms with Crippen LogP contribution in [-0.4, -0.2) is 19.5 Å². The fourth-order valence-corrected chi connectivity index (χ4v) is 3.20. The van der Waals surface area contributed by atoms with Crippen LogP contribution < -0.4 is 0 Å². The number of fused-ring (bicyclic) bond motifs is 1. The van der Waals surface area contributed by atoms with Crippen molar-refractivity contribution in [3.05, 3.63) is 54.7 Å². The van der Waals surface area contributed by atoms with Gasteiger partial charge in [0.05, 0.1) is 18.1 Å². The highest BCUT2D eigenvalue weighted by molar-refractivity contribution is 5.69. The van der Waals surface area contributed by atoms with Crippen molar-refractivity contribution >= 4 is 11.2 Å². The number of hydrogen-bond acceptors (Lipinski definition) is 3. The maximum Gasteiger partial charge on any atom is 1.00 e. The molecule has 0 radical (unpaired) electrons.